The summed E-state index contributed by atoms with van der Waals surface area (Å²) in [5.74, 6) is 0.621. The van der Waals surface area contributed by atoms with Crippen molar-refractivity contribution in [1.29, 1.82) is 0 Å². The highest BCUT2D eigenvalue weighted by Crippen LogP contribution is 2.47. The van der Waals surface area contributed by atoms with Crippen LogP contribution in [-0.4, -0.2) is 50.5 Å². The fraction of sp³-hybridized carbons (Fsp3) is 0.522. The molecular formula is C23H27Cl2N3O4. The van der Waals surface area contributed by atoms with Crippen molar-refractivity contribution >= 4 is 34.1 Å². The van der Waals surface area contributed by atoms with Crippen LogP contribution in [0.1, 0.15) is 44.0 Å². The SMILES string of the molecule is OCCCOc1cc(Cl)c(Cl)c2c1c(-c1cnn(C3CCCCO3)c1)c1n2CC(O)CC1. The Balaban J connectivity index is 1.69. The predicted octanol–water partition coefficient (Wildman–Crippen LogP) is 4.58. The number of fused-ring (bicyclic) bond motifs is 3. The zero-order chi connectivity index (χ0) is 22.2. The maximum Gasteiger partial charge on any atom is 0.150 e. The normalized spacial score (nSPS) is 21.1. The Morgan fingerprint density at radius 3 is 2.91 bits per heavy atom. The van der Waals surface area contributed by atoms with Gasteiger partial charge < -0.3 is 24.3 Å². The van der Waals surface area contributed by atoms with Crippen molar-refractivity contribution in [1.82, 2.24) is 14.3 Å². The number of hydrogen-bond donors (Lipinski definition) is 2. The first-order valence-corrected chi connectivity index (χ1v) is 11.9. The maximum absolute atomic E-state index is 10.4. The molecule has 2 aromatic heterocycles. The molecule has 9 heteroatoms. The summed E-state index contributed by atoms with van der Waals surface area (Å²) in [6.45, 7) is 1.60. The van der Waals surface area contributed by atoms with Crippen molar-refractivity contribution in [3.05, 3.63) is 34.2 Å². The minimum Gasteiger partial charge on any atom is -0.493 e. The number of aliphatic hydroxyl groups excluding tert-OH is 2. The lowest BCUT2D eigenvalue weighted by molar-refractivity contribution is -0.0394. The first-order chi connectivity index (χ1) is 15.6. The van der Waals surface area contributed by atoms with E-state index in [1.165, 1.54) is 0 Å². The fourth-order valence-corrected chi connectivity index (χ4v) is 5.23. The number of halogens is 2. The van der Waals surface area contributed by atoms with Gasteiger partial charge in [0.2, 0.25) is 0 Å². The number of ether oxygens (including phenoxy) is 2. The minimum absolute atomic E-state index is 0.0456. The summed E-state index contributed by atoms with van der Waals surface area (Å²) in [5.41, 5.74) is 3.82. The third-order valence-corrected chi connectivity index (χ3v) is 7.08. The summed E-state index contributed by atoms with van der Waals surface area (Å²) < 4.78 is 15.9. The first-order valence-electron chi connectivity index (χ1n) is 11.2. The summed E-state index contributed by atoms with van der Waals surface area (Å²) in [5, 5.41) is 25.9. The standard InChI is InChI=1S/C23H27Cl2N3O4/c24-16-10-18(31-9-3-7-29)21-20(14-11-26-28(12-14)19-4-1-2-8-32-19)17-6-5-15(30)13-27(17)23(21)22(16)25/h10-12,15,19,29-30H,1-9,13H2. The Kier molecular flexibility index (Phi) is 6.36. The van der Waals surface area contributed by atoms with Crippen LogP contribution in [0.25, 0.3) is 22.0 Å². The molecule has 1 saturated heterocycles. The molecule has 5 rings (SSSR count). The summed E-state index contributed by atoms with van der Waals surface area (Å²) >= 11 is 13.2. The van der Waals surface area contributed by atoms with Crippen molar-refractivity contribution in [2.24, 2.45) is 0 Å². The first kappa shape index (κ1) is 22.0. The Bertz CT molecular complexity index is 1120. The number of aromatic nitrogens is 3. The van der Waals surface area contributed by atoms with Crippen LogP contribution in [0.15, 0.2) is 18.5 Å². The van der Waals surface area contributed by atoms with E-state index in [9.17, 15) is 10.2 Å². The molecule has 1 fully saturated rings. The van der Waals surface area contributed by atoms with Crippen molar-refractivity contribution < 1.29 is 19.7 Å². The molecule has 2 N–H and O–H groups in total. The summed E-state index contributed by atoms with van der Waals surface area (Å²) in [4.78, 5) is 0. The van der Waals surface area contributed by atoms with Gasteiger partial charge in [-0.25, -0.2) is 4.68 Å². The highest BCUT2D eigenvalue weighted by atomic mass is 35.5. The van der Waals surface area contributed by atoms with Crippen LogP contribution in [0, 0.1) is 0 Å². The van der Waals surface area contributed by atoms with Crippen LogP contribution in [0.4, 0.5) is 0 Å². The van der Waals surface area contributed by atoms with Crippen LogP contribution >= 0.6 is 23.2 Å². The molecule has 3 aromatic rings. The molecule has 0 amide bonds. The van der Waals surface area contributed by atoms with Gasteiger partial charge in [-0.2, -0.15) is 5.10 Å². The van der Waals surface area contributed by atoms with E-state index in [0.29, 0.717) is 48.2 Å². The second-order valence-electron chi connectivity index (χ2n) is 8.47. The summed E-state index contributed by atoms with van der Waals surface area (Å²) in [7, 11) is 0. The van der Waals surface area contributed by atoms with Crippen molar-refractivity contribution in [3.63, 3.8) is 0 Å². The molecule has 0 aliphatic carbocycles. The van der Waals surface area contributed by atoms with E-state index >= 15 is 0 Å². The van der Waals surface area contributed by atoms with Crippen molar-refractivity contribution in [2.75, 3.05) is 19.8 Å². The Labute approximate surface area is 196 Å². The van der Waals surface area contributed by atoms with E-state index in [4.69, 9.17) is 32.7 Å². The third-order valence-electron chi connectivity index (χ3n) is 6.30. The lowest BCUT2D eigenvalue weighted by Crippen LogP contribution is -2.24. The van der Waals surface area contributed by atoms with E-state index < -0.39 is 6.10 Å². The average Bonchev–Trinajstić information content (AvgIpc) is 3.40. The quantitative estimate of drug-likeness (QED) is 0.505. The molecule has 0 spiro atoms. The second kappa shape index (κ2) is 9.23. The van der Waals surface area contributed by atoms with Gasteiger partial charge in [0.1, 0.15) is 12.0 Å². The van der Waals surface area contributed by atoms with Crippen LogP contribution in [0.5, 0.6) is 5.75 Å². The Morgan fingerprint density at radius 1 is 1.25 bits per heavy atom. The van der Waals surface area contributed by atoms with Gasteiger partial charge in [-0.1, -0.05) is 23.2 Å². The minimum atomic E-state index is -0.446. The number of benzene rings is 1. The lowest BCUT2D eigenvalue weighted by atomic mass is 9.99. The highest BCUT2D eigenvalue weighted by Gasteiger charge is 2.30. The topological polar surface area (TPSA) is 81.7 Å². The molecular weight excluding hydrogens is 453 g/mol. The molecule has 32 heavy (non-hydrogen) atoms. The zero-order valence-electron chi connectivity index (χ0n) is 17.8. The van der Waals surface area contributed by atoms with Gasteiger partial charge in [-0.3, -0.25) is 0 Å². The summed E-state index contributed by atoms with van der Waals surface area (Å²) in [6.07, 6.45) is 8.43. The molecule has 2 unspecified atom stereocenters. The molecule has 0 saturated carbocycles. The van der Waals surface area contributed by atoms with Gasteiger partial charge >= 0.3 is 0 Å². The van der Waals surface area contributed by atoms with Gasteiger partial charge in [0.25, 0.3) is 0 Å². The fourth-order valence-electron chi connectivity index (χ4n) is 4.79. The van der Waals surface area contributed by atoms with Gasteiger partial charge in [0.15, 0.2) is 0 Å². The molecule has 4 heterocycles. The van der Waals surface area contributed by atoms with Gasteiger partial charge in [-0.15, -0.1) is 0 Å². The van der Waals surface area contributed by atoms with Gasteiger partial charge in [0, 0.05) is 55.3 Å². The number of nitrogens with zero attached hydrogens (tertiary/aromatic N) is 3. The van der Waals surface area contributed by atoms with Crippen LogP contribution < -0.4 is 4.74 Å². The molecule has 172 valence electrons. The molecule has 2 atom stereocenters. The van der Waals surface area contributed by atoms with E-state index in [1.807, 2.05) is 17.1 Å². The molecule has 1 aromatic carbocycles. The number of hydrogen-bond acceptors (Lipinski definition) is 5. The van der Waals surface area contributed by atoms with Crippen molar-refractivity contribution in [3.8, 4) is 16.9 Å². The molecule has 0 bridgehead atoms. The highest BCUT2D eigenvalue weighted by molar-refractivity contribution is 6.45. The predicted molar refractivity (Wildman–Crippen MR) is 124 cm³/mol. The number of rotatable bonds is 6. The maximum atomic E-state index is 10.4. The van der Waals surface area contributed by atoms with E-state index in [2.05, 4.69) is 9.67 Å². The number of aliphatic hydroxyl groups is 2. The average molecular weight is 480 g/mol. The lowest BCUT2D eigenvalue weighted by Gasteiger charge is -2.23. The van der Waals surface area contributed by atoms with E-state index in [1.54, 1.807) is 6.07 Å². The van der Waals surface area contributed by atoms with E-state index in [0.717, 1.165) is 53.6 Å². The summed E-state index contributed by atoms with van der Waals surface area (Å²) in [6, 6.07) is 1.74. The van der Waals surface area contributed by atoms with Crippen LogP contribution in [-0.2, 0) is 17.7 Å². The van der Waals surface area contributed by atoms with Crippen molar-refractivity contribution in [2.45, 2.75) is 57.4 Å². The molecule has 2 aliphatic heterocycles. The Morgan fingerprint density at radius 2 is 2.12 bits per heavy atom. The zero-order valence-corrected chi connectivity index (χ0v) is 19.3. The smallest absolute Gasteiger partial charge is 0.150 e. The van der Waals surface area contributed by atoms with Crippen LogP contribution in [0.3, 0.4) is 0 Å². The van der Waals surface area contributed by atoms with E-state index in [-0.39, 0.29) is 12.8 Å². The largest absolute Gasteiger partial charge is 0.493 e. The molecule has 7 nitrogen and oxygen atoms in total. The molecule has 0 radical (unpaired) electrons. The van der Waals surface area contributed by atoms with Gasteiger partial charge in [-0.05, 0) is 32.1 Å². The second-order valence-corrected chi connectivity index (χ2v) is 9.26. The Hall–Kier alpha value is -1.77. The monoisotopic (exact) mass is 479 g/mol. The van der Waals surface area contributed by atoms with Crippen LogP contribution in [0.2, 0.25) is 10.0 Å². The molecule has 2 aliphatic rings. The van der Waals surface area contributed by atoms with Gasteiger partial charge in [0.05, 0.1) is 39.9 Å². The third kappa shape index (κ3) is 3.90.